The first kappa shape index (κ1) is 21.2. The molecule has 1 aliphatic rings. The lowest BCUT2D eigenvalue weighted by atomic mass is 10.1. The summed E-state index contributed by atoms with van der Waals surface area (Å²) >= 11 is 0. The quantitative estimate of drug-likeness (QED) is 0.389. The number of aromatic nitrogens is 5. The highest BCUT2D eigenvalue weighted by Gasteiger charge is 2.28. The van der Waals surface area contributed by atoms with Crippen molar-refractivity contribution in [2.75, 3.05) is 5.73 Å². The zero-order valence-electron chi connectivity index (χ0n) is 18.0. The molecule has 6 nitrogen and oxygen atoms in total. The molecule has 9 heteroatoms. The first-order valence-corrected chi connectivity index (χ1v) is 10.9. The van der Waals surface area contributed by atoms with Gasteiger partial charge in [0, 0.05) is 23.5 Å². The number of nitrogen functional groups attached to an aromatic ring is 1. The van der Waals surface area contributed by atoms with E-state index in [2.05, 4.69) is 20.1 Å². The number of nitrogens with zero attached hydrogens (tertiary/aromatic N) is 4. The number of rotatable bonds is 6. The number of halogens is 3. The predicted molar refractivity (Wildman–Crippen MR) is 121 cm³/mol. The number of hydrogen-bond donors (Lipinski definition) is 2. The molecule has 170 valence electrons. The van der Waals surface area contributed by atoms with Crippen LogP contribution in [0.1, 0.15) is 49.2 Å². The Labute approximate surface area is 188 Å². The van der Waals surface area contributed by atoms with E-state index in [1.807, 2.05) is 30.5 Å². The third-order valence-electron chi connectivity index (χ3n) is 5.86. The van der Waals surface area contributed by atoms with Crippen LogP contribution in [-0.4, -0.2) is 30.7 Å². The third kappa shape index (κ3) is 4.22. The van der Waals surface area contributed by atoms with E-state index in [9.17, 15) is 13.2 Å². The molecule has 0 bridgehead atoms. The standard InChI is InChI=1S/C24H23F3N6/c1-2-3-18-17(10-11-24(25,26)27)21(28)23-30-13-20(33(23)32-18)15-6-4-14(5-7-15)19-12-29-22(31-19)16-8-9-16/h2-7,12-13,16H,8-11,28H2,1H3,(H,29,31). The van der Waals surface area contributed by atoms with Gasteiger partial charge in [-0.25, -0.2) is 14.5 Å². The van der Waals surface area contributed by atoms with E-state index in [0.29, 0.717) is 28.5 Å². The molecular formula is C24H23F3N6. The Bertz CT molecular complexity index is 1330. The summed E-state index contributed by atoms with van der Waals surface area (Å²) in [5.41, 5.74) is 11.2. The van der Waals surface area contributed by atoms with Gasteiger partial charge >= 0.3 is 6.18 Å². The second-order valence-corrected chi connectivity index (χ2v) is 8.31. The van der Waals surface area contributed by atoms with Crippen LogP contribution < -0.4 is 5.73 Å². The molecule has 0 atom stereocenters. The minimum atomic E-state index is -4.28. The first-order chi connectivity index (χ1) is 15.8. The van der Waals surface area contributed by atoms with Gasteiger partial charge in [-0.3, -0.25) is 0 Å². The molecule has 1 aliphatic carbocycles. The van der Waals surface area contributed by atoms with Gasteiger partial charge in [-0.15, -0.1) is 0 Å². The Morgan fingerprint density at radius 2 is 1.85 bits per heavy atom. The molecule has 0 aliphatic heterocycles. The zero-order chi connectivity index (χ0) is 23.2. The number of nitrogens with one attached hydrogen (secondary N) is 1. The van der Waals surface area contributed by atoms with Gasteiger partial charge in [-0.1, -0.05) is 30.3 Å². The van der Waals surface area contributed by atoms with E-state index in [4.69, 9.17) is 5.73 Å². The summed E-state index contributed by atoms with van der Waals surface area (Å²) in [5.74, 6) is 1.59. The van der Waals surface area contributed by atoms with Gasteiger partial charge < -0.3 is 10.7 Å². The van der Waals surface area contributed by atoms with Gasteiger partial charge in [0.05, 0.1) is 35.2 Å². The average molecular weight is 452 g/mol. The van der Waals surface area contributed by atoms with Crippen LogP contribution in [0.5, 0.6) is 0 Å². The number of allylic oxidation sites excluding steroid dienone is 1. The summed E-state index contributed by atoms with van der Waals surface area (Å²) in [6.45, 7) is 1.78. The Balaban J connectivity index is 1.50. The lowest BCUT2D eigenvalue weighted by molar-refractivity contribution is -0.133. The van der Waals surface area contributed by atoms with Crippen molar-refractivity contribution in [2.45, 2.75) is 44.7 Å². The first-order valence-electron chi connectivity index (χ1n) is 10.9. The normalized spacial score (nSPS) is 14.5. The predicted octanol–water partition coefficient (Wildman–Crippen LogP) is 5.77. The molecule has 0 radical (unpaired) electrons. The lowest BCUT2D eigenvalue weighted by Gasteiger charge is -2.13. The van der Waals surface area contributed by atoms with E-state index in [0.717, 1.165) is 22.6 Å². The highest BCUT2D eigenvalue weighted by Crippen LogP contribution is 2.39. The topological polar surface area (TPSA) is 84.9 Å². The van der Waals surface area contributed by atoms with Crippen molar-refractivity contribution in [1.29, 1.82) is 0 Å². The largest absolute Gasteiger partial charge is 0.395 e. The number of H-pyrrole nitrogens is 1. The fourth-order valence-corrected chi connectivity index (χ4v) is 3.96. The van der Waals surface area contributed by atoms with E-state index in [1.54, 1.807) is 29.8 Å². The van der Waals surface area contributed by atoms with Crippen LogP contribution in [0.3, 0.4) is 0 Å². The van der Waals surface area contributed by atoms with Crippen LogP contribution in [0.2, 0.25) is 0 Å². The fraction of sp³-hybridized carbons (Fsp3) is 0.292. The summed E-state index contributed by atoms with van der Waals surface area (Å²) in [7, 11) is 0. The maximum atomic E-state index is 12.8. The van der Waals surface area contributed by atoms with Crippen molar-refractivity contribution in [3.8, 4) is 22.5 Å². The Morgan fingerprint density at radius 3 is 2.52 bits per heavy atom. The van der Waals surface area contributed by atoms with Crippen molar-refractivity contribution in [1.82, 2.24) is 24.6 Å². The number of hydrogen-bond acceptors (Lipinski definition) is 4. The highest BCUT2D eigenvalue weighted by molar-refractivity contribution is 5.77. The SMILES string of the molecule is CC=Cc1nn2c(-c3ccc(-c4cnc(C5CC5)[nH]4)cc3)cnc2c(N)c1CCC(F)(F)F. The van der Waals surface area contributed by atoms with Crippen LogP contribution >= 0.6 is 0 Å². The molecule has 3 aromatic heterocycles. The molecule has 4 aromatic rings. The Kier molecular flexibility index (Phi) is 5.19. The second-order valence-electron chi connectivity index (χ2n) is 8.31. The maximum Gasteiger partial charge on any atom is 0.389 e. The Hall–Kier alpha value is -3.62. The van der Waals surface area contributed by atoms with Gasteiger partial charge in [0.2, 0.25) is 0 Å². The molecule has 0 amide bonds. The summed E-state index contributed by atoms with van der Waals surface area (Å²) in [6.07, 6.45) is 3.77. The molecule has 5 rings (SSSR count). The number of nitrogens with two attached hydrogens (primary N) is 1. The molecule has 1 saturated carbocycles. The summed E-state index contributed by atoms with van der Waals surface area (Å²) in [6, 6.07) is 7.90. The third-order valence-corrected chi connectivity index (χ3v) is 5.86. The molecule has 33 heavy (non-hydrogen) atoms. The number of anilines is 1. The maximum absolute atomic E-state index is 12.8. The van der Waals surface area contributed by atoms with Crippen molar-refractivity contribution in [3.05, 3.63) is 59.8 Å². The van der Waals surface area contributed by atoms with Gasteiger partial charge in [-0.2, -0.15) is 18.3 Å². The minimum absolute atomic E-state index is 0.218. The van der Waals surface area contributed by atoms with Crippen molar-refractivity contribution in [2.24, 2.45) is 0 Å². The second kappa shape index (κ2) is 8.06. The number of alkyl halides is 3. The van der Waals surface area contributed by atoms with E-state index in [1.165, 1.54) is 12.8 Å². The van der Waals surface area contributed by atoms with Crippen LogP contribution in [-0.2, 0) is 6.42 Å². The van der Waals surface area contributed by atoms with Gasteiger partial charge in [0.25, 0.3) is 0 Å². The number of fused-ring (bicyclic) bond motifs is 1. The van der Waals surface area contributed by atoms with Crippen molar-refractivity contribution < 1.29 is 13.2 Å². The van der Waals surface area contributed by atoms with Crippen molar-refractivity contribution in [3.63, 3.8) is 0 Å². The van der Waals surface area contributed by atoms with E-state index in [-0.39, 0.29) is 12.1 Å². The van der Waals surface area contributed by atoms with Gasteiger partial charge in [0.15, 0.2) is 5.65 Å². The number of imidazole rings is 2. The van der Waals surface area contributed by atoms with E-state index >= 15 is 0 Å². The Morgan fingerprint density at radius 1 is 1.12 bits per heavy atom. The molecule has 3 heterocycles. The van der Waals surface area contributed by atoms with Crippen LogP contribution in [0, 0.1) is 0 Å². The highest BCUT2D eigenvalue weighted by atomic mass is 19.4. The average Bonchev–Trinajstić information content (AvgIpc) is 3.35. The molecule has 1 aromatic carbocycles. The molecule has 0 spiro atoms. The molecule has 0 saturated heterocycles. The van der Waals surface area contributed by atoms with Crippen LogP contribution in [0.15, 0.2) is 42.7 Å². The molecule has 3 N–H and O–H groups in total. The summed E-state index contributed by atoms with van der Waals surface area (Å²) in [5, 5.41) is 4.58. The van der Waals surface area contributed by atoms with Crippen LogP contribution in [0.4, 0.5) is 18.9 Å². The minimum Gasteiger partial charge on any atom is -0.395 e. The summed E-state index contributed by atoms with van der Waals surface area (Å²) < 4.78 is 40.1. The molecular weight excluding hydrogens is 429 g/mol. The number of aromatic amines is 1. The van der Waals surface area contributed by atoms with E-state index < -0.39 is 12.6 Å². The molecule has 0 unspecified atom stereocenters. The van der Waals surface area contributed by atoms with Gasteiger partial charge in [-0.05, 0) is 37.8 Å². The lowest BCUT2D eigenvalue weighted by Crippen LogP contribution is -2.13. The van der Waals surface area contributed by atoms with Crippen molar-refractivity contribution >= 4 is 17.4 Å². The smallest absolute Gasteiger partial charge is 0.389 e. The number of benzene rings is 1. The monoisotopic (exact) mass is 452 g/mol. The van der Waals surface area contributed by atoms with Gasteiger partial charge in [0.1, 0.15) is 5.82 Å². The summed E-state index contributed by atoms with van der Waals surface area (Å²) in [4.78, 5) is 12.2. The molecule has 1 fully saturated rings. The fourth-order valence-electron chi connectivity index (χ4n) is 3.96. The van der Waals surface area contributed by atoms with Crippen LogP contribution in [0.25, 0.3) is 34.2 Å². The zero-order valence-corrected chi connectivity index (χ0v) is 18.0.